The van der Waals surface area contributed by atoms with Gasteiger partial charge in [0.15, 0.2) is 0 Å². The Kier molecular flexibility index (Phi) is 2.46. The van der Waals surface area contributed by atoms with E-state index in [9.17, 15) is 4.79 Å². The number of carbonyl (C=O) groups is 1. The second kappa shape index (κ2) is 3.61. The summed E-state index contributed by atoms with van der Waals surface area (Å²) in [5.74, 6) is 0.0619. The number of allylic oxidation sites excluding steroid dienone is 1. The third kappa shape index (κ3) is 1.38. The molecule has 0 amide bonds. The number of hydrogen-bond acceptors (Lipinski definition) is 2. The molecule has 2 nitrogen and oxygen atoms in total. The molecule has 1 heterocycles. The average Bonchev–Trinajstić information content (AvgIpc) is 2.53. The van der Waals surface area contributed by atoms with Crippen molar-refractivity contribution >= 4 is 5.97 Å². The van der Waals surface area contributed by atoms with Crippen LogP contribution in [0.1, 0.15) is 59.8 Å². The molecule has 0 spiro atoms. The second-order valence-electron chi connectivity index (χ2n) is 7.15. The molecule has 2 heteroatoms. The number of ether oxygens (including phenoxy) is 1. The molecule has 0 aromatic carbocycles. The van der Waals surface area contributed by atoms with Crippen LogP contribution >= 0.6 is 0 Å². The zero-order valence-corrected chi connectivity index (χ0v) is 12.0. The average molecular weight is 248 g/mol. The Morgan fingerprint density at radius 1 is 1.22 bits per heavy atom. The Morgan fingerprint density at radius 3 is 2.67 bits per heavy atom. The van der Waals surface area contributed by atoms with Gasteiger partial charge in [-0.15, -0.1) is 0 Å². The minimum Gasteiger partial charge on any atom is -0.457 e. The van der Waals surface area contributed by atoms with Gasteiger partial charge in [-0.2, -0.15) is 0 Å². The van der Waals surface area contributed by atoms with Gasteiger partial charge in [0.1, 0.15) is 6.10 Å². The van der Waals surface area contributed by atoms with E-state index in [4.69, 9.17) is 4.74 Å². The van der Waals surface area contributed by atoms with Crippen LogP contribution in [-0.4, -0.2) is 12.1 Å². The van der Waals surface area contributed by atoms with E-state index < -0.39 is 0 Å². The molecular formula is C16H24O2. The Labute approximate surface area is 110 Å². The number of fused-ring (bicyclic) bond motifs is 3. The molecule has 0 unspecified atom stereocenters. The fourth-order valence-electron chi connectivity index (χ4n) is 4.46. The van der Waals surface area contributed by atoms with Gasteiger partial charge in [0.05, 0.1) is 5.92 Å². The first-order chi connectivity index (χ1) is 8.38. The van der Waals surface area contributed by atoms with Gasteiger partial charge >= 0.3 is 5.97 Å². The Morgan fingerprint density at radius 2 is 1.94 bits per heavy atom. The summed E-state index contributed by atoms with van der Waals surface area (Å²) in [7, 11) is 0. The van der Waals surface area contributed by atoms with Crippen LogP contribution in [-0.2, 0) is 9.53 Å². The third-order valence-electron chi connectivity index (χ3n) is 6.04. The van der Waals surface area contributed by atoms with Crippen molar-refractivity contribution in [1.29, 1.82) is 0 Å². The van der Waals surface area contributed by atoms with Crippen LogP contribution in [0.15, 0.2) is 11.1 Å². The fraction of sp³-hybridized carbons (Fsp3) is 0.812. The van der Waals surface area contributed by atoms with Crippen LogP contribution in [0, 0.1) is 16.7 Å². The second-order valence-corrected chi connectivity index (χ2v) is 7.15. The normalized spacial score (nSPS) is 47.7. The quantitative estimate of drug-likeness (QED) is 0.481. The number of esters is 1. The molecule has 1 aliphatic heterocycles. The first-order valence-corrected chi connectivity index (χ1v) is 7.29. The monoisotopic (exact) mass is 248 g/mol. The third-order valence-corrected chi connectivity index (χ3v) is 6.04. The van der Waals surface area contributed by atoms with E-state index in [1.54, 1.807) is 0 Å². The summed E-state index contributed by atoms with van der Waals surface area (Å²) in [5, 5.41) is 0. The predicted octanol–water partition coefficient (Wildman–Crippen LogP) is 3.85. The molecule has 2 fully saturated rings. The predicted molar refractivity (Wildman–Crippen MR) is 71.0 cm³/mol. The molecule has 0 aromatic heterocycles. The van der Waals surface area contributed by atoms with Gasteiger partial charge in [-0.1, -0.05) is 26.3 Å². The van der Waals surface area contributed by atoms with Gasteiger partial charge < -0.3 is 4.74 Å². The van der Waals surface area contributed by atoms with Crippen LogP contribution < -0.4 is 0 Å². The van der Waals surface area contributed by atoms with Crippen molar-refractivity contribution in [3.8, 4) is 0 Å². The van der Waals surface area contributed by atoms with Crippen LogP contribution in [0.4, 0.5) is 0 Å². The molecule has 0 radical (unpaired) electrons. The smallest absolute Gasteiger partial charge is 0.309 e. The van der Waals surface area contributed by atoms with Crippen molar-refractivity contribution in [2.24, 2.45) is 16.7 Å². The summed E-state index contributed by atoms with van der Waals surface area (Å²) in [6.45, 7) is 8.92. The van der Waals surface area contributed by atoms with E-state index in [0.29, 0.717) is 0 Å². The zero-order valence-electron chi connectivity index (χ0n) is 12.0. The van der Waals surface area contributed by atoms with E-state index in [-0.39, 0.29) is 28.8 Å². The molecule has 0 aromatic rings. The van der Waals surface area contributed by atoms with Crippen LogP contribution in [0.5, 0.6) is 0 Å². The molecule has 100 valence electrons. The highest BCUT2D eigenvalue weighted by Gasteiger charge is 2.59. The first-order valence-electron chi connectivity index (χ1n) is 7.29. The van der Waals surface area contributed by atoms with Crippen molar-refractivity contribution in [2.75, 3.05) is 0 Å². The van der Waals surface area contributed by atoms with Gasteiger partial charge in [-0.25, -0.2) is 0 Å². The zero-order chi connectivity index (χ0) is 13.1. The first kappa shape index (κ1) is 12.3. The lowest BCUT2D eigenvalue weighted by Crippen LogP contribution is -2.46. The highest BCUT2D eigenvalue weighted by atomic mass is 16.6. The van der Waals surface area contributed by atoms with Crippen LogP contribution in [0.2, 0.25) is 0 Å². The number of rotatable bonds is 0. The van der Waals surface area contributed by atoms with E-state index in [1.807, 2.05) is 6.92 Å². The standard InChI is InChI=1S/C16H24O2/c1-10-6-5-7-15(3)8-9-16(4)11(2)14(17)18-13(16)12(10)15/h11,13H,5-9H2,1-4H3/t11-,13-,15+,16-/m0/s1. The van der Waals surface area contributed by atoms with Gasteiger partial charge in [0.2, 0.25) is 0 Å². The van der Waals surface area contributed by atoms with Crippen molar-refractivity contribution in [3.05, 3.63) is 11.1 Å². The van der Waals surface area contributed by atoms with Gasteiger partial charge in [-0.05, 0) is 50.0 Å². The molecule has 2 aliphatic carbocycles. The van der Waals surface area contributed by atoms with Crippen molar-refractivity contribution in [3.63, 3.8) is 0 Å². The largest absolute Gasteiger partial charge is 0.457 e. The minimum absolute atomic E-state index is 0.0117. The molecule has 3 rings (SSSR count). The summed E-state index contributed by atoms with van der Waals surface area (Å²) in [6.07, 6.45) is 6.13. The summed E-state index contributed by atoms with van der Waals surface area (Å²) in [6, 6.07) is 0. The maximum Gasteiger partial charge on any atom is 0.309 e. The van der Waals surface area contributed by atoms with Gasteiger partial charge in [-0.3, -0.25) is 4.79 Å². The van der Waals surface area contributed by atoms with Crippen molar-refractivity contribution < 1.29 is 9.53 Å². The highest BCUT2D eigenvalue weighted by molar-refractivity contribution is 5.77. The Hall–Kier alpha value is -0.790. The van der Waals surface area contributed by atoms with Gasteiger partial charge in [0, 0.05) is 5.41 Å². The maximum absolute atomic E-state index is 12.0. The molecule has 18 heavy (non-hydrogen) atoms. The Balaban J connectivity index is 2.10. The van der Waals surface area contributed by atoms with E-state index in [0.717, 1.165) is 6.42 Å². The van der Waals surface area contributed by atoms with E-state index in [1.165, 1.54) is 36.8 Å². The lowest BCUT2D eigenvalue weighted by Gasteiger charge is -2.50. The molecule has 1 saturated carbocycles. The van der Waals surface area contributed by atoms with Crippen LogP contribution in [0.3, 0.4) is 0 Å². The summed E-state index contributed by atoms with van der Waals surface area (Å²) < 4.78 is 5.79. The maximum atomic E-state index is 12.0. The topological polar surface area (TPSA) is 26.3 Å². The molecule has 0 N–H and O–H groups in total. The van der Waals surface area contributed by atoms with Crippen molar-refractivity contribution in [2.45, 2.75) is 65.9 Å². The summed E-state index contributed by atoms with van der Waals surface area (Å²) in [4.78, 5) is 12.0. The van der Waals surface area contributed by atoms with E-state index >= 15 is 0 Å². The molecule has 1 saturated heterocycles. The summed E-state index contributed by atoms with van der Waals surface area (Å²) >= 11 is 0. The lowest BCUT2D eigenvalue weighted by atomic mass is 9.54. The number of hydrogen-bond donors (Lipinski definition) is 0. The molecule has 4 atom stereocenters. The molecule has 3 aliphatic rings. The molecular weight excluding hydrogens is 224 g/mol. The summed E-state index contributed by atoms with van der Waals surface area (Å²) in [5.41, 5.74) is 3.28. The lowest BCUT2D eigenvalue weighted by molar-refractivity contribution is -0.143. The Bertz CT molecular complexity index is 436. The fourth-order valence-corrected chi connectivity index (χ4v) is 4.46. The minimum atomic E-state index is 0.0117. The SMILES string of the molecule is CC1=C2[C@@H]3OC(=O)[C@H](C)[C@]3(C)CC[C@@]2(C)CCC1. The molecule has 0 bridgehead atoms. The van der Waals surface area contributed by atoms with E-state index in [2.05, 4.69) is 20.8 Å². The van der Waals surface area contributed by atoms with Crippen molar-refractivity contribution in [1.82, 2.24) is 0 Å². The number of carbonyl (C=O) groups excluding carboxylic acids is 1. The van der Waals surface area contributed by atoms with Gasteiger partial charge in [0.25, 0.3) is 0 Å². The van der Waals surface area contributed by atoms with Crippen LogP contribution in [0.25, 0.3) is 0 Å². The highest BCUT2D eigenvalue weighted by Crippen LogP contribution is 2.60.